The van der Waals surface area contributed by atoms with E-state index in [-0.39, 0.29) is 12.3 Å². The fraction of sp³-hybridized carbons (Fsp3) is 0.133. The minimum Gasteiger partial charge on any atom is -0.488 e. The third-order valence-electron chi connectivity index (χ3n) is 2.91. The largest absolute Gasteiger partial charge is 0.488 e. The number of nitrogens with zero attached hydrogens (tertiary/aromatic N) is 1. The Bertz CT molecular complexity index is 700. The molecule has 5 nitrogen and oxygen atoms in total. The summed E-state index contributed by atoms with van der Waals surface area (Å²) < 4.78 is 5.52. The highest BCUT2D eigenvalue weighted by Crippen LogP contribution is 2.25. The average Bonchev–Trinajstić information content (AvgIpc) is 2.45. The van der Waals surface area contributed by atoms with Gasteiger partial charge in [0.1, 0.15) is 12.4 Å². The molecule has 0 saturated carbocycles. The van der Waals surface area contributed by atoms with Gasteiger partial charge in [-0.3, -0.25) is 14.9 Å². The van der Waals surface area contributed by atoms with Crippen LogP contribution in [0.25, 0.3) is 0 Å². The number of aryl methyl sites for hydroxylation is 1. The summed E-state index contributed by atoms with van der Waals surface area (Å²) in [7, 11) is 0. The number of aldehydes is 1. The number of carbonyl (C=O) groups is 1. The number of hydrogen-bond donors (Lipinski definition) is 0. The molecule has 108 valence electrons. The van der Waals surface area contributed by atoms with Gasteiger partial charge in [-0.15, -0.1) is 0 Å². The van der Waals surface area contributed by atoms with Crippen molar-refractivity contribution in [1.82, 2.24) is 0 Å². The molecular formula is C15H12ClNO4. The predicted molar refractivity (Wildman–Crippen MR) is 79.0 cm³/mol. The van der Waals surface area contributed by atoms with Crippen LogP contribution in [0.15, 0.2) is 36.4 Å². The van der Waals surface area contributed by atoms with E-state index in [0.717, 1.165) is 5.56 Å². The number of hydrogen-bond acceptors (Lipinski definition) is 4. The zero-order valence-corrected chi connectivity index (χ0v) is 12.0. The first-order chi connectivity index (χ1) is 10.0. The van der Waals surface area contributed by atoms with Crippen molar-refractivity contribution in [3.05, 3.63) is 68.2 Å². The number of benzene rings is 2. The fourth-order valence-corrected chi connectivity index (χ4v) is 2.09. The van der Waals surface area contributed by atoms with Gasteiger partial charge in [-0.1, -0.05) is 23.2 Å². The van der Waals surface area contributed by atoms with Crippen LogP contribution < -0.4 is 4.74 Å². The summed E-state index contributed by atoms with van der Waals surface area (Å²) in [6, 6.07) is 9.41. The third-order valence-corrected chi connectivity index (χ3v) is 3.15. The molecule has 0 fully saturated rings. The number of carbonyl (C=O) groups excluding carboxylic acids is 1. The van der Waals surface area contributed by atoms with Gasteiger partial charge in [-0.25, -0.2) is 0 Å². The molecule has 0 aromatic heterocycles. The van der Waals surface area contributed by atoms with Gasteiger partial charge < -0.3 is 4.74 Å². The van der Waals surface area contributed by atoms with Gasteiger partial charge in [0.2, 0.25) is 0 Å². The summed E-state index contributed by atoms with van der Waals surface area (Å²) in [6.07, 6.45) is 0.689. The van der Waals surface area contributed by atoms with Gasteiger partial charge in [0.15, 0.2) is 6.29 Å². The lowest BCUT2D eigenvalue weighted by atomic mass is 10.1. The van der Waals surface area contributed by atoms with Crippen LogP contribution in [0.5, 0.6) is 5.75 Å². The van der Waals surface area contributed by atoms with E-state index in [0.29, 0.717) is 28.2 Å². The highest BCUT2D eigenvalue weighted by atomic mass is 35.5. The molecule has 21 heavy (non-hydrogen) atoms. The zero-order valence-electron chi connectivity index (χ0n) is 11.2. The van der Waals surface area contributed by atoms with Crippen molar-refractivity contribution in [2.75, 3.05) is 0 Å². The normalized spacial score (nSPS) is 10.2. The number of halogens is 1. The van der Waals surface area contributed by atoms with E-state index in [1.165, 1.54) is 18.2 Å². The summed E-state index contributed by atoms with van der Waals surface area (Å²) in [6.45, 7) is 1.82. The van der Waals surface area contributed by atoms with Crippen molar-refractivity contribution in [3.63, 3.8) is 0 Å². The second-order valence-electron chi connectivity index (χ2n) is 4.48. The second-order valence-corrected chi connectivity index (χ2v) is 4.91. The molecular weight excluding hydrogens is 294 g/mol. The van der Waals surface area contributed by atoms with Crippen LogP contribution in [0.1, 0.15) is 21.5 Å². The predicted octanol–water partition coefficient (Wildman–Crippen LogP) is 3.95. The Morgan fingerprint density at radius 3 is 2.71 bits per heavy atom. The third kappa shape index (κ3) is 3.58. The first-order valence-electron chi connectivity index (χ1n) is 6.12. The van der Waals surface area contributed by atoms with E-state index in [1.54, 1.807) is 18.2 Å². The van der Waals surface area contributed by atoms with E-state index in [4.69, 9.17) is 16.3 Å². The van der Waals surface area contributed by atoms with Crippen molar-refractivity contribution in [1.29, 1.82) is 0 Å². The van der Waals surface area contributed by atoms with Crippen molar-refractivity contribution in [2.45, 2.75) is 13.5 Å². The SMILES string of the molecule is Cc1ccc(OCc2cc(Cl)ccc2[N+](=O)[O-])c(C=O)c1. The van der Waals surface area contributed by atoms with Gasteiger partial charge in [0, 0.05) is 11.1 Å². The van der Waals surface area contributed by atoms with Gasteiger partial charge >= 0.3 is 0 Å². The van der Waals surface area contributed by atoms with Gasteiger partial charge in [0.05, 0.1) is 16.1 Å². The van der Waals surface area contributed by atoms with E-state index in [9.17, 15) is 14.9 Å². The highest BCUT2D eigenvalue weighted by Gasteiger charge is 2.15. The number of nitro groups is 1. The quantitative estimate of drug-likeness (QED) is 0.476. The van der Waals surface area contributed by atoms with Crippen LogP contribution in [0, 0.1) is 17.0 Å². The summed E-state index contributed by atoms with van der Waals surface area (Å²) in [4.78, 5) is 21.5. The van der Waals surface area contributed by atoms with Crippen molar-refractivity contribution in [2.24, 2.45) is 0 Å². The molecule has 0 atom stereocenters. The van der Waals surface area contributed by atoms with E-state index in [1.807, 2.05) is 6.92 Å². The summed E-state index contributed by atoms with van der Waals surface area (Å²) in [5, 5.41) is 11.4. The maximum absolute atomic E-state index is 11.0. The monoisotopic (exact) mass is 305 g/mol. The Labute approximate surface area is 126 Å². The first kappa shape index (κ1) is 15.0. The molecule has 6 heteroatoms. The maximum atomic E-state index is 11.0. The van der Waals surface area contributed by atoms with E-state index in [2.05, 4.69) is 0 Å². The highest BCUT2D eigenvalue weighted by molar-refractivity contribution is 6.30. The first-order valence-corrected chi connectivity index (χ1v) is 6.50. The van der Waals surface area contributed by atoms with E-state index >= 15 is 0 Å². The maximum Gasteiger partial charge on any atom is 0.276 e. The van der Waals surface area contributed by atoms with Crippen LogP contribution in [0.2, 0.25) is 5.02 Å². The van der Waals surface area contributed by atoms with Crippen LogP contribution in [0.3, 0.4) is 0 Å². The molecule has 0 N–H and O–H groups in total. The van der Waals surface area contributed by atoms with Crippen molar-refractivity contribution in [3.8, 4) is 5.75 Å². The number of ether oxygens (including phenoxy) is 1. The molecule has 0 aliphatic rings. The Kier molecular flexibility index (Phi) is 4.55. The van der Waals surface area contributed by atoms with Gasteiger partial charge in [-0.05, 0) is 31.2 Å². The fourth-order valence-electron chi connectivity index (χ4n) is 1.89. The molecule has 0 aliphatic heterocycles. The second kappa shape index (κ2) is 6.37. The summed E-state index contributed by atoms with van der Waals surface area (Å²) >= 11 is 5.85. The molecule has 0 amide bonds. The molecule has 2 aromatic carbocycles. The Balaban J connectivity index is 2.26. The minimum atomic E-state index is -0.495. The molecule has 0 spiro atoms. The molecule has 0 unspecified atom stereocenters. The molecule has 0 aliphatic carbocycles. The number of nitro benzene ring substituents is 1. The van der Waals surface area contributed by atoms with Crippen LogP contribution in [-0.4, -0.2) is 11.2 Å². The number of rotatable bonds is 5. The van der Waals surface area contributed by atoms with E-state index < -0.39 is 4.92 Å². The zero-order chi connectivity index (χ0) is 15.4. The smallest absolute Gasteiger partial charge is 0.276 e. The summed E-state index contributed by atoms with van der Waals surface area (Å²) in [5.74, 6) is 0.380. The van der Waals surface area contributed by atoms with Gasteiger partial charge in [-0.2, -0.15) is 0 Å². The average molecular weight is 306 g/mol. The molecule has 0 bridgehead atoms. The molecule has 0 radical (unpaired) electrons. The Hall–Kier alpha value is -2.40. The van der Waals surface area contributed by atoms with Crippen molar-refractivity contribution < 1.29 is 14.5 Å². The summed E-state index contributed by atoms with van der Waals surface area (Å²) in [5.41, 5.74) is 1.61. The molecule has 0 saturated heterocycles. The lowest BCUT2D eigenvalue weighted by Gasteiger charge is -2.09. The lowest BCUT2D eigenvalue weighted by molar-refractivity contribution is -0.385. The van der Waals surface area contributed by atoms with Gasteiger partial charge in [0.25, 0.3) is 5.69 Å². The lowest BCUT2D eigenvalue weighted by Crippen LogP contribution is -2.02. The van der Waals surface area contributed by atoms with Crippen LogP contribution in [-0.2, 0) is 6.61 Å². The Morgan fingerprint density at radius 1 is 1.29 bits per heavy atom. The Morgan fingerprint density at radius 2 is 2.05 bits per heavy atom. The molecule has 2 aromatic rings. The van der Waals surface area contributed by atoms with Crippen LogP contribution in [0.4, 0.5) is 5.69 Å². The standard InChI is InChI=1S/C15H12ClNO4/c1-10-2-5-15(11(6-10)8-18)21-9-12-7-13(16)3-4-14(12)17(19)20/h2-8H,9H2,1H3. The molecule has 2 rings (SSSR count). The molecule has 0 heterocycles. The topological polar surface area (TPSA) is 69.4 Å². The van der Waals surface area contributed by atoms with Crippen LogP contribution >= 0.6 is 11.6 Å². The van der Waals surface area contributed by atoms with Crippen molar-refractivity contribution >= 4 is 23.6 Å². The minimum absolute atomic E-state index is 0.0409.